The molecule has 0 radical (unpaired) electrons. The molecule has 7 heteroatoms. The third-order valence-electron chi connectivity index (χ3n) is 4.91. The number of carbonyl (C=O) groups excluding carboxylic acids is 2. The molecular weight excluding hydrogens is 388 g/mol. The normalized spacial score (nSPS) is 18.4. The molecule has 1 heterocycles. The van der Waals surface area contributed by atoms with Crippen LogP contribution in [-0.2, 0) is 16.0 Å². The van der Waals surface area contributed by atoms with E-state index in [-0.39, 0.29) is 17.2 Å². The lowest BCUT2D eigenvalue weighted by molar-refractivity contribution is -0.138. The van der Waals surface area contributed by atoms with Gasteiger partial charge in [-0.3, -0.25) is 9.59 Å². The van der Waals surface area contributed by atoms with E-state index in [1.54, 1.807) is 30.9 Å². The van der Waals surface area contributed by atoms with Crippen molar-refractivity contribution >= 4 is 23.6 Å². The van der Waals surface area contributed by atoms with Gasteiger partial charge in [0.2, 0.25) is 11.8 Å². The number of ether oxygens (including phenoxy) is 2. The Morgan fingerprint density at radius 1 is 1.10 bits per heavy atom. The fourth-order valence-electron chi connectivity index (χ4n) is 3.45. The zero-order chi connectivity index (χ0) is 20.8. The summed E-state index contributed by atoms with van der Waals surface area (Å²) in [5, 5.41) is 2.85. The molecule has 0 aromatic heterocycles. The van der Waals surface area contributed by atoms with Gasteiger partial charge < -0.3 is 19.7 Å². The number of methoxy groups -OCH3 is 2. The van der Waals surface area contributed by atoms with Crippen LogP contribution in [-0.4, -0.2) is 49.3 Å². The summed E-state index contributed by atoms with van der Waals surface area (Å²) in [4.78, 5) is 26.8. The number of amides is 2. The fourth-order valence-corrected chi connectivity index (χ4v) is 4.93. The van der Waals surface area contributed by atoms with Crippen LogP contribution in [0.25, 0.3) is 0 Å². The van der Waals surface area contributed by atoms with E-state index in [2.05, 4.69) is 5.32 Å². The third kappa shape index (κ3) is 4.85. The molecule has 2 aromatic rings. The van der Waals surface area contributed by atoms with Crippen molar-refractivity contribution in [1.29, 1.82) is 0 Å². The first-order valence-corrected chi connectivity index (χ1v) is 10.5. The van der Waals surface area contributed by atoms with E-state index >= 15 is 0 Å². The summed E-state index contributed by atoms with van der Waals surface area (Å²) in [5.74, 6) is 1.71. The summed E-state index contributed by atoms with van der Waals surface area (Å²) in [6.07, 6.45) is 0.661. The van der Waals surface area contributed by atoms with Crippen LogP contribution in [0.5, 0.6) is 11.5 Å². The highest BCUT2D eigenvalue weighted by Crippen LogP contribution is 2.41. The quantitative estimate of drug-likeness (QED) is 0.754. The molecule has 6 nitrogen and oxygen atoms in total. The van der Waals surface area contributed by atoms with Crippen molar-refractivity contribution in [1.82, 2.24) is 10.2 Å². The van der Waals surface area contributed by atoms with Gasteiger partial charge in [-0.2, -0.15) is 0 Å². The van der Waals surface area contributed by atoms with Crippen LogP contribution in [0.1, 0.15) is 23.4 Å². The molecule has 0 aliphatic carbocycles. The number of nitrogens with zero attached hydrogens (tertiary/aromatic N) is 1. The maximum absolute atomic E-state index is 12.8. The van der Waals surface area contributed by atoms with E-state index in [1.165, 1.54) is 6.92 Å². The summed E-state index contributed by atoms with van der Waals surface area (Å²) in [5.41, 5.74) is 2.07. The van der Waals surface area contributed by atoms with E-state index in [0.29, 0.717) is 30.2 Å². The fraction of sp³-hybridized carbons (Fsp3) is 0.364. The lowest BCUT2D eigenvalue weighted by Crippen LogP contribution is -2.47. The Labute approximate surface area is 175 Å². The number of hydrogen-bond donors (Lipinski definition) is 1. The molecule has 0 unspecified atom stereocenters. The molecule has 3 rings (SSSR count). The van der Waals surface area contributed by atoms with Crippen molar-refractivity contribution in [2.24, 2.45) is 0 Å². The predicted molar refractivity (Wildman–Crippen MR) is 114 cm³/mol. The standard InChI is InChI=1S/C22H26N2O4S/c1-15(25)24-18(14-29-22(24)17-7-5-4-6-8-17)21(26)23-12-11-16-9-10-19(27-2)20(13-16)28-3/h4-10,13,18,22H,11-12,14H2,1-3H3,(H,23,26)/t18-,22-/m1/s1. The van der Waals surface area contributed by atoms with Crippen LogP contribution in [0.15, 0.2) is 48.5 Å². The SMILES string of the molecule is COc1ccc(CCNC(=O)[C@H]2CS[C@H](c3ccccc3)N2C(C)=O)cc1OC. The topological polar surface area (TPSA) is 67.9 Å². The Morgan fingerprint density at radius 2 is 1.83 bits per heavy atom. The van der Waals surface area contributed by atoms with Gasteiger partial charge in [0, 0.05) is 19.2 Å². The van der Waals surface area contributed by atoms with Gasteiger partial charge in [0.1, 0.15) is 11.4 Å². The van der Waals surface area contributed by atoms with Gasteiger partial charge in [-0.05, 0) is 29.7 Å². The van der Waals surface area contributed by atoms with Crippen molar-refractivity contribution in [2.75, 3.05) is 26.5 Å². The molecule has 29 heavy (non-hydrogen) atoms. The number of nitrogens with one attached hydrogen (secondary N) is 1. The summed E-state index contributed by atoms with van der Waals surface area (Å²) in [6.45, 7) is 2.00. The zero-order valence-corrected chi connectivity index (χ0v) is 17.7. The maximum Gasteiger partial charge on any atom is 0.243 e. The van der Waals surface area contributed by atoms with Crippen LogP contribution < -0.4 is 14.8 Å². The molecule has 0 bridgehead atoms. The Morgan fingerprint density at radius 3 is 2.48 bits per heavy atom. The molecule has 2 atom stereocenters. The Kier molecular flexibility index (Phi) is 7.04. The molecule has 1 aliphatic heterocycles. The van der Waals surface area contributed by atoms with Gasteiger partial charge in [0.15, 0.2) is 11.5 Å². The number of rotatable bonds is 7. The number of benzene rings is 2. The molecule has 0 saturated carbocycles. The number of thioether (sulfide) groups is 1. The van der Waals surface area contributed by atoms with Crippen LogP contribution in [0.4, 0.5) is 0 Å². The van der Waals surface area contributed by atoms with Gasteiger partial charge in [-0.15, -0.1) is 11.8 Å². The molecule has 1 N–H and O–H groups in total. The molecule has 154 valence electrons. The van der Waals surface area contributed by atoms with Crippen LogP contribution in [0.3, 0.4) is 0 Å². The monoisotopic (exact) mass is 414 g/mol. The van der Waals surface area contributed by atoms with Gasteiger partial charge in [0.25, 0.3) is 0 Å². The Balaban J connectivity index is 1.61. The average molecular weight is 415 g/mol. The molecule has 2 amide bonds. The highest BCUT2D eigenvalue weighted by atomic mass is 32.2. The minimum atomic E-state index is -0.465. The van der Waals surface area contributed by atoms with E-state index in [0.717, 1.165) is 11.1 Å². The molecule has 1 fully saturated rings. The summed E-state index contributed by atoms with van der Waals surface area (Å²) in [7, 11) is 3.20. The van der Waals surface area contributed by atoms with Crippen LogP contribution in [0.2, 0.25) is 0 Å². The lowest BCUT2D eigenvalue weighted by Gasteiger charge is -2.27. The Hall–Kier alpha value is -2.67. The maximum atomic E-state index is 12.8. The minimum absolute atomic E-state index is 0.0936. The van der Waals surface area contributed by atoms with E-state index in [1.807, 2.05) is 48.5 Å². The smallest absolute Gasteiger partial charge is 0.243 e. The van der Waals surface area contributed by atoms with E-state index in [9.17, 15) is 9.59 Å². The van der Waals surface area contributed by atoms with Gasteiger partial charge in [-0.1, -0.05) is 36.4 Å². The van der Waals surface area contributed by atoms with Crippen molar-refractivity contribution in [3.05, 3.63) is 59.7 Å². The number of carbonyl (C=O) groups is 2. The van der Waals surface area contributed by atoms with Crippen LogP contribution in [0, 0.1) is 0 Å². The third-order valence-corrected chi connectivity index (χ3v) is 6.24. The first kappa shape index (κ1) is 21.0. The second-order valence-corrected chi connectivity index (χ2v) is 7.88. The Bertz CT molecular complexity index is 859. The van der Waals surface area contributed by atoms with Gasteiger partial charge >= 0.3 is 0 Å². The average Bonchev–Trinajstić information content (AvgIpc) is 3.20. The zero-order valence-electron chi connectivity index (χ0n) is 16.9. The number of hydrogen-bond acceptors (Lipinski definition) is 5. The van der Waals surface area contributed by atoms with Gasteiger partial charge in [0.05, 0.1) is 14.2 Å². The second-order valence-electron chi connectivity index (χ2n) is 6.77. The second kappa shape index (κ2) is 9.69. The largest absolute Gasteiger partial charge is 0.493 e. The summed E-state index contributed by atoms with van der Waals surface area (Å²) >= 11 is 1.62. The summed E-state index contributed by atoms with van der Waals surface area (Å²) < 4.78 is 10.6. The highest BCUT2D eigenvalue weighted by molar-refractivity contribution is 7.99. The van der Waals surface area contributed by atoms with Crippen molar-refractivity contribution in [2.45, 2.75) is 24.8 Å². The van der Waals surface area contributed by atoms with Crippen molar-refractivity contribution < 1.29 is 19.1 Å². The molecular formula is C22H26N2O4S. The predicted octanol–water partition coefficient (Wildman–Crippen LogP) is 3.03. The van der Waals surface area contributed by atoms with Gasteiger partial charge in [-0.25, -0.2) is 0 Å². The highest BCUT2D eigenvalue weighted by Gasteiger charge is 2.40. The molecule has 2 aromatic carbocycles. The molecule has 0 spiro atoms. The van der Waals surface area contributed by atoms with Crippen molar-refractivity contribution in [3.8, 4) is 11.5 Å². The first-order valence-electron chi connectivity index (χ1n) is 9.49. The van der Waals surface area contributed by atoms with Crippen molar-refractivity contribution in [3.63, 3.8) is 0 Å². The minimum Gasteiger partial charge on any atom is -0.493 e. The lowest BCUT2D eigenvalue weighted by atomic mass is 10.1. The molecule has 1 saturated heterocycles. The van der Waals surface area contributed by atoms with E-state index < -0.39 is 6.04 Å². The summed E-state index contributed by atoms with van der Waals surface area (Å²) in [6, 6.07) is 15.1. The van der Waals surface area contributed by atoms with Crippen LogP contribution >= 0.6 is 11.8 Å². The van der Waals surface area contributed by atoms with E-state index in [4.69, 9.17) is 9.47 Å². The first-order chi connectivity index (χ1) is 14.0. The molecule has 1 aliphatic rings.